The molecule has 1 aliphatic heterocycles. The van der Waals surface area contributed by atoms with Gasteiger partial charge in [0.05, 0.1) is 11.0 Å². The lowest BCUT2D eigenvalue weighted by Gasteiger charge is -2.35. The molecule has 0 amide bonds. The van der Waals surface area contributed by atoms with Crippen molar-refractivity contribution in [1.29, 1.82) is 0 Å². The highest BCUT2D eigenvalue weighted by Gasteiger charge is 2.50. The molecule has 1 heterocycles. The molecule has 27 heavy (non-hydrogen) atoms. The van der Waals surface area contributed by atoms with E-state index in [1.54, 1.807) is 18.0 Å². The second-order valence-electron chi connectivity index (χ2n) is 7.72. The summed E-state index contributed by atoms with van der Waals surface area (Å²) in [4.78, 5) is 27.4. The Morgan fingerprint density at radius 3 is 2.19 bits per heavy atom. The van der Waals surface area contributed by atoms with Crippen molar-refractivity contribution < 1.29 is 14.2 Å². The van der Waals surface area contributed by atoms with Gasteiger partial charge < -0.3 is 4.90 Å². The number of hydrogen-bond donors (Lipinski definition) is 0. The maximum atomic E-state index is 12.8. The van der Waals surface area contributed by atoms with Crippen molar-refractivity contribution in [2.24, 2.45) is 0 Å². The lowest BCUT2D eigenvalue weighted by Crippen LogP contribution is -2.56. The van der Waals surface area contributed by atoms with Crippen molar-refractivity contribution in [2.75, 3.05) is 19.0 Å². The van der Waals surface area contributed by atoms with Crippen LogP contribution in [-0.2, 0) is 15.0 Å². The first-order valence-electron chi connectivity index (χ1n) is 9.12. The first-order valence-corrected chi connectivity index (χ1v) is 9.12. The van der Waals surface area contributed by atoms with Gasteiger partial charge in [-0.1, -0.05) is 36.4 Å². The van der Waals surface area contributed by atoms with Gasteiger partial charge in [-0.3, -0.25) is 9.59 Å². The van der Waals surface area contributed by atoms with Crippen LogP contribution in [0.3, 0.4) is 0 Å². The van der Waals surface area contributed by atoms with Crippen LogP contribution < -0.4 is 4.90 Å². The van der Waals surface area contributed by atoms with Crippen LogP contribution in [0.5, 0.6) is 0 Å². The van der Waals surface area contributed by atoms with Gasteiger partial charge in [-0.2, -0.15) is 4.58 Å². The molecular formula is C23H23N2O2+. The number of nitrogens with zero attached hydrogens (tertiary/aromatic N) is 2. The molecule has 0 atom stereocenters. The van der Waals surface area contributed by atoms with E-state index in [-0.39, 0.29) is 17.0 Å². The molecule has 0 saturated heterocycles. The van der Waals surface area contributed by atoms with E-state index in [2.05, 4.69) is 30.6 Å². The van der Waals surface area contributed by atoms with Crippen LogP contribution >= 0.6 is 0 Å². The van der Waals surface area contributed by atoms with Crippen molar-refractivity contribution in [3.05, 3.63) is 71.8 Å². The van der Waals surface area contributed by atoms with Crippen molar-refractivity contribution in [3.8, 4) is 0 Å². The molecular weight excluding hydrogens is 336 g/mol. The zero-order chi connectivity index (χ0) is 19.3. The monoisotopic (exact) mass is 359 g/mol. The van der Waals surface area contributed by atoms with Gasteiger partial charge in [-0.05, 0) is 26.0 Å². The summed E-state index contributed by atoms with van der Waals surface area (Å²) in [7, 11) is 3.78. The van der Waals surface area contributed by atoms with Gasteiger partial charge in [0.2, 0.25) is 5.69 Å². The summed E-state index contributed by atoms with van der Waals surface area (Å²) >= 11 is 0. The van der Waals surface area contributed by atoms with Gasteiger partial charge >= 0.3 is 0 Å². The summed E-state index contributed by atoms with van der Waals surface area (Å²) in [6.45, 7) is 4.26. The lowest BCUT2D eigenvalue weighted by atomic mass is 9.76. The van der Waals surface area contributed by atoms with Gasteiger partial charge in [0.25, 0.3) is 0 Å². The fraction of sp³-hybridized carbons (Fsp3) is 0.261. The molecule has 4 heteroatoms. The summed E-state index contributed by atoms with van der Waals surface area (Å²) in [5, 5.41) is 0. The number of Topliss-reactive ketones (excluding diaryl/α,β-unsaturated/α-hetero) is 2. The number of carbonyl (C=O) groups excluding carboxylic acids is 2. The normalized spacial score (nSPS) is 20.4. The topological polar surface area (TPSA) is 40.4 Å². The fourth-order valence-corrected chi connectivity index (χ4v) is 4.16. The third kappa shape index (κ3) is 2.47. The molecule has 0 spiro atoms. The third-order valence-electron chi connectivity index (χ3n) is 5.80. The van der Waals surface area contributed by atoms with Crippen LogP contribution in [0, 0.1) is 0 Å². The number of hydrogen-bond acceptors (Lipinski definition) is 3. The van der Waals surface area contributed by atoms with E-state index < -0.39 is 6.04 Å². The number of carbonyl (C=O) groups is 2. The van der Waals surface area contributed by atoms with Crippen LogP contribution in [-0.4, -0.2) is 42.0 Å². The van der Waals surface area contributed by atoms with Crippen LogP contribution in [0.2, 0.25) is 0 Å². The lowest BCUT2D eigenvalue weighted by molar-refractivity contribution is -0.401. The molecule has 1 saturated carbocycles. The Balaban J connectivity index is 1.66. The smallest absolute Gasteiger partial charge is 0.209 e. The Bertz CT molecular complexity index is 998. The zero-order valence-electron chi connectivity index (χ0n) is 16.1. The summed E-state index contributed by atoms with van der Waals surface area (Å²) < 4.78 is 2.08. The quantitative estimate of drug-likeness (QED) is 0.365. The average Bonchev–Trinajstić information content (AvgIpc) is 2.87. The van der Waals surface area contributed by atoms with Crippen LogP contribution in [0.1, 0.15) is 19.4 Å². The molecule has 1 fully saturated rings. The molecule has 0 aromatic heterocycles. The molecule has 2 aromatic carbocycles. The van der Waals surface area contributed by atoms with Crippen LogP contribution in [0.15, 0.2) is 66.2 Å². The molecule has 0 bridgehead atoms. The Morgan fingerprint density at radius 2 is 1.56 bits per heavy atom. The van der Waals surface area contributed by atoms with E-state index in [1.165, 1.54) is 5.56 Å². The second-order valence-corrected chi connectivity index (χ2v) is 7.72. The number of anilines is 1. The predicted molar refractivity (Wildman–Crippen MR) is 107 cm³/mol. The van der Waals surface area contributed by atoms with Crippen molar-refractivity contribution in [3.63, 3.8) is 0 Å². The molecule has 0 radical (unpaired) electrons. The molecule has 2 aliphatic rings. The number of para-hydroxylation sites is 2. The zero-order valence-corrected chi connectivity index (χ0v) is 16.1. The Morgan fingerprint density at radius 1 is 0.963 bits per heavy atom. The van der Waals surface area contributed by atoms with E-state index in [4.69, 9.17) is 0 Å². The molecule has 136 valence electrons. The van der Waals surface area contributed by atoms with Gasteiger partial charge in [0.15, 0.2) is 23.3 Å². The van der Waals surface area contributed by atoms with Crippen LogP contribution in [0.4, 0.5) is 11.4 Å². The molecule has 4 nitrogen and oxygen atoms in total. The predicted octanol–water partition coefficient (Wildman–Crippen LogP) is 3.28. The number of allylic oxidation sites excluding steroid dienone is 1. The largest absolute Gasteiger partial charge is 0.358 e. The third-order valence-corrected chi connectivity index (χ3v) is 5.80. The Hall–Kier alpha value is -3.01. The number of rotatable bonds is 3. The molecule has 4 rings (SSSR count). The SMILES string of the molecule is CN(c1ccccc1)C1C(=O)C(=CC2=[N+](C)c3ccccc3C2(C)C)C1=O. The van der Waals surface area contributed by atoms with Crippen molar-refractivity contribution >= 4 is 28.7 Å². The first-order chi connectivity index (χ1) is 12.8. The highest BCUT2D eigenvalue weighted by atomic mass is 16.2. The molecule has 0 unspecified atom stereocenters. The minimum Gasteiger partial charge on any atom is -0.358 e. The van der Waals surface area contributed by atoms with Gasteiger partial charge in [0.1, 0.15) is 7.05 Å². The number of benzene rings is 2. The maximum Gasteiger partial charge on any atom is 0.209 e. The molecule has 0 N–H and O–H groups in total. The minimum absolute atomic E-state index is 0.112. The summed E-state index contributed by atoms with van der Waals surface area (Å²) in [6, 6.07) is 17.0. The average molecular weight is 359 g/mol. The molecule has 1 aliphatic carbocycles. The van der Waals surface area contributed by atoms with E-state index >= 15 is 0 Å². The highest BCUT2D eigenvalue weighted by Crippen LogP contribution is 2.40. The standard InChI is InChI=1S/C23H23N2O2/c1-23(2)17-12-8-9-13-18(17)25(4)19(23)14-16-21(26)20(22(16)27)24(3)15-10-6-5-7-11-15/h5-14,20H,1-4H3/q+1. The van der Waals surface area contributed by atoms with Gasteiger partial charge in [-0.15, -0.1) is 0 Å². The van der Waals surface area contributed by atoms with E-state index in [0.29, 0.717) is 5.57 Å². The highest BCUT2D eigenvalue weighted by molar-refractivity contribution is 6.44. The van der Waals surface area contributed by atoms with E-state index in [0.717, 1.165) is 17.1 Å². The van der Waals surface area contributed by atoms with E-state index in [9.17, 15) is 9.59 Å². The maximum absolute atomic E-state index is 12.8. The number of likely N-dealkylation sites (N-methyl/N-ethyl adjacent to an activating group) is 1. The van der Waals surface area contributed by atoms with Crippen molar-refractivity contribution in [1.82, 2.24) is 0 Å². The fourth-order valence-electron chi connectivity index (χ4n) is 4.16. The number of ketones is 2. The Kier molecular flexibility index (Phi) is 3.88. The summed E-state index contributed by atoms with van der Waals surface area (Å²) in [5.74, 6) is -0.224. The van der Waals surface area contributed by atoms with Gasteiger partial charge in [0, 0.05) is 30.4 Å². The number of fused-ring (bicyclic) bond motifs is 1. The first kappa shape index (κ1) is 17.4. The van der Waals surface area contributed by atoms with Crippen LogP contribution in [0.25, 0.3) is 0 Å². The summed E-state index contributed by atoms with van der Waals surface area (Å²) in [5.41, 5.74) is 4.20. The summed E-state index contributed by atoms with van der Waals surface area (Å²) in [6.07, 6.45) is 1.79. The Labute approximate surface area is 159 Å². The van der Waals surface area contributed by atoms with Crippen molar-refractivity contribution in [2.45, 2.75) is 25.3 Å². The minimum atomic E-state index is -0.726. The second kappa shape index (κ2) is 6.02. The van der Waals surface area contributed by atoms with E-state index in [1.807, 2.05) is 49.5 Å². The van der Waals surface area contributed by atoms with Gasteiger partial charge in [-0.25, -0.2) is 0 Å². The molecule has 2 aromatic rings.